The highest BCUT2D eigenvalue weighted by atomic mass is 19.3. The number of carbonyl (C=O) groups excluding carboxylic acids is 1. The number of nitrogens with zero attached hydrogens (tertiary/aromatic N) is 1. The fourth-order valence-electron chi connectivity index (χ4n) is 1.42. The van der Waals surface area contributed by atoms with Crippen molar-refractivity contribution >= 4 is 17.4 Å². The number of carboxylic acid groups (broad SMARTS) is 1. The first-order valence-corrected chi connectivity index (χ1v) is 5.43. The van der Waals surface area contributed by atoms with Gasteiger partial charge in [-0.25, -0.2) is 4.79 Å². The Balaban J connectivity index is 3.37. The zero-order valence-electron chi connectivity index (χ0n) is 10.6. The van der Waals surface area contributed by atoms with Crippen molar-refractivity contribution in [1.82, 2.24) is 0 Å². The Morgan fingerprint density at radius 2 is 1.57 bits per heavy atom. The van der Waals surface area contributed by atoms with E-state index in [1.54, 1.807) is 0 Å². The Bertz CT molecular complexity index is 675. The second-order valence-corrected chi connectivity index (χ2v) is 4.16. The molecule has 0 aliphatic carbocycles. The minimum absolute atomic E-state index is 0.172. The molecule has 1 aromatic rings. The largest absolute Gasteiger partial charge is 0.477 e. The lowest BCUT2D eigenvalue weighted by atomic mass is 9.96. The molecule has 0 aromatic heterocycles. The number of carbonyl (C=O) groups is 2. The zero-order chi connectivity index (χ0) is 18.2. The predicted molar refractivity (Wildman–Crippen MR) is 59.9 cm³/mol. The number of nitro benzene ring substituents is 1. The Morgan fingerprint density at radius 1 is 1.04 bits per heavy atom. The Kier molecular flexibility index (Phi) is 4.41. The van der Waals surface area contributed by atoms with E-state index in [9.17, 15) is 46.0 Å². The second kappa shape index (κ2) is 5.52. The van der Waals surface area contributed by atoms with Gasteiger partial charge in [0.25, 0.3) is 5.69 Å². The maximum atomic E-state index is 13.5. The molecule has 0 atom stereocenters. The number of hydrogen-bond donors (Lipinski definition) is 1. The van der Waals surface area contributed by atoms with E-state index in [1.165, 1.54) is 0 Å². The summed E-state index contributed by atoms with van der Waals surface area (Å²) in [6.45, 7) is 0. The number of carboxylic acids is 1. The van der Waals surface area contributed by atoms with Crippen molar-refractivity contribution in [2.45, 2.75) is 17.8 Å². The zero-order valence-corrected chi connectivity index (χ0v) is 10.6. The molecule has 1 N–H and O–H groups in total. The van der Waals surface area contributed by atoms with Crippen LogP contribution in [0.15, 0.2) is 24.3 Å². The Labute approximate surface area is 122 Å². The monoisotopic (exact) mass is 345 g/mol. The second-order valence-electron chi connectivity index (χ2n) is 4.16. The summed E-state index contributed by atoms with van der Waals surface area (Å²) in [6, 6.07) is 2.05. The van der Waals surface area contributed by atoms with Crippen LogP contribution in [0.1, 0.15) is 10.4 Å². The van der Waals surface area contributed by atoms with Gasteiger partial charge in [-0.05, 0) is 0 Å². The van der Waals surface area contributed by atoms with Crippen LogP contribution in [0.4, 0.5) is 32.0 Å². The molecular formula is C11H5F6NO5. The summed E-state index contributed by atoms with van der Waals surface area (Å²) in [5, 5.41) is 18.4. The third-order valence-corrected chi connectivity index (χ3v) is 2.66. The normalized spacial score (nSPS) is 12.8. The van der Waals surface area contributed by atoms with Crippen LogP contribution in [0, 0.1) is 10.1 Å². The third-order valence-electron chi connectivity index (χ3n) is 2.66. The first-order chi connectivity index (χ1) is 10.3. The highest BCUT2D eigenvalue weighted by molar-refractivity contribution is 6.03. The highest BCUT2D eigenvalue weighted by Crippen LogP contribution is 2.47. The fourth-order valence-corrected chi connectivity index (χ4v) is 1.42. The number of aliphatic carboxylic acids is 1. The Hall–Kier alpha value is -2.66. The van der Waals surface area contributed by atoms with Crippen molar-refractivity contribution in [2.24, 2.45) is 0 Å². The van der Waals surface area contributed by atoms with Crippen molar-refractivity contribution < 1.29 is 46.0 Å². The van der Waals surface area contributed by atoms with Gasteiger partial charge in [0.1, 0.15) is 0 Å². The van der Waals surface area contributed by atoms with Gasteiger partial charge in [-0.15, -0.1) is 0 Å². The van der Waals surface area contributed by atoms with Crippen molar-refractivity contribution in [3.8, 4) is 0 Å². The number of halogens is 6. The van der Waals surface area contributed by atoms with E-state index in [-0.39, 0.29) is 6.07 Å². The molecular weight excluding hydrogens is 340 g/mol. The molecule has 0 amide bonds. The van der Waals surface area contributed by atoms with Crippen LogP contribution in [0.25, 0.3) is 0 Å². The molecule has 0 unspecified atom stereocenters. The molecule has 12 heteroatoms. The summed E-state index contributed by atoms with van der Waals surface area (Å²) in [7, 11) is 0. The summed E-state index contributed by atoms with van der Waals surface area (Å²) in [5.74, 6) is -25.4. The SMILES string of the molecule is O=C(O)C(F)(F)C(F)(F)C(F)(F)C(=O)c1cccc([N+](=O)[O-])c1. The van der Waals surface area contributed by atoms with Gasteiger partial charge in [-0.2, -0.15) is 26.3 Å². The van der Waals surface area contributed by atoms with E-state index in [2.05, 4.69) is 0 Å². The average molecular weight is 345 g/mol. The van der Waals surface area contributed by atoms with Crippen LogP contribution < -0.4 is 0 Å². The van der Waals surface area contributed by atoms with E-state index in [0.717, 1.165) is 6.07 Å². The van der Waals surface area contributed by atoms with Crippen LogP contribution in [-0.2, 0) is 4.79 Å². The first-order valence-electron chi connectivity index (χ1n) is 5.43. The summed E-state index contributed by atoms with van der Waals surface area (Å²) < 4.78 is 78.9. The lowest BCUT2D eigenvalue weighted by molar-refractivity contribution is -0.384. The number of hydrogen-bond acceptors (Lipinski definition) is 4. The van der Waals surface area contributed by atoms with Gasteiger partial charge >= 0.3 is 23.7 Å². The number of Topliss-reactive ketones (excluding diaryl/α,β-unsaturated/α-hetero) is 1. The summed E-state index contributed by atoms with van der Waals surface area (Å²) in [5.41, 5.74) is -2.29. The first kappa shape index (κ1) is 18.4. The number of rotatable bonds is 6. The van der Waals surface area contributed by atoms with Crippen molar-refractivity contribution in [3.63, 3.8) is 0 Å². The fraction of sp³-hybridized carbons (Fsp3) is 0.273. The van der Waals surface area contributed by atoms with E-state index in [0.29, 0.717) is 12.1 Å². The molecule has 0 bridgehead atoms. The smallest absolute Gasteiger partial charge is 0.411 e. The lowest BCUT2D eigenvalue weighted by Gasteiger charge is -2.29. The average Bonchev–Trinajstić information content (AvgIpc) is 2.45. The molecule has 0 aliphatic rings. The van der Waals surface area contributed by atoms with Crippen LogP contribution >= 0.6 is 0 Å². The van der Waals surface area contributed by atoms with E-state index in [1.807, 2.05) is 0 Å². The molecule has 0 fully saturated rings. The predicted octanol–water partition coefficient (Wildman–Crippen LogP) is 2.77. The highest BCUT2D eigenvalue weighted by Gasteiger charge is 2.78. The molecule has 0 heterocycles. The molecule has 0 saturated carbocycles. The van der Waals surface area contributed by atoms with Crippen LogP contribution in [-0.4, -0.2) is 39.5 Å². The van der Waals surface area contributed by atoms with Crippen molar-refractivity contribution in [3.05, 3.63) is 39.9 Å². The molecule has 126 valence electrons. The van der Waals surface area contributed by atoms with E-state index >= 15 is 0 Å². The maximum absolute atomic E-state index is 13.5. The van der Waals surface area contributed by atoms with Crippen LogP contribution in [0.2, 0.25) is 0 Å². The Morgan fingerprint density at radius 3 is 2.00 bits per heavy atom. The molecule has 0 spiro atoms. The molecule has 6 nitrogen and oxygen atoms in total. The standard InChI is InChI=1S/C11H5F6NO5/c12-9(13,11(16,17)10(14,15)8(20)21)7(19)5-2-1-3-6(4-5)18(22)23/h1-4H,(H,20,21). The third kappa shape index (κ3) is 2.83. The molecule has 0 radical (unpaired) electrons. The minimum atomic E-state index is -6.56. The van der Waals surface area contributed by atoms with Crippen molar-refractivity contribution in [2.75, 3.05) is 0 Å². The molecule has 23 heavy (non-hydrogen) atoms. The van der Waals surface area contributed by atoms with Crippen molar-refractivity contribution in [1.29, 1.82) is 0 Å². The van der Waals surface area contributed by atoms with Crippen LogP contribution in [0.3, 0.4) is 0 Å². The van der Waals surface area contributed by atoms with Gasteiger partial charge in [0, 0.05) is 17.7 Å². The van der Waals surface area contributed by atoms with E-state index in [4.69, 9.17) is 5.11 Å². The van der Waals surface area contributed by atoms with Gasteiger partial charge in [-0.3, -0.25) is 14.9 Å². The van der Waals surface area contributed by atoms with Gasteiger partial charge in [0.05, 0.1) is 4.92 Å². The van der Waals surface area contributed by atoms with E-state index < -0.39 is 45.7 Å². The topological polar surface area (TPSA) is 97.5 Å². The summed E-state index contributed by atoms with van der Waals surface area (Å²) in [6.07, 6.45) is 0. The van der Waals surface area contributed by atoms with Gasteiger partial charge in [0.15, 0.2) is 0 Å². The summed E-state index contributed by atoms with van der Waals surface area (Å²) in [4.78, 5) is 30.7. The maximum Gasteiger partial charge on any atom is 0.411 e. The number of benzene rings is 1. The van der Waals surface area contributed by atoms with Gasteiger partial charge in [-0.1, -0.05) is 12.1 Å². The lowest BCUT2D eigenvalue weighted by Crippen LogP contribution is -2.60. The molecule has 1 rings (SSSR count). The number of non-ortho nitro benzene ring substituents is 1. The van der Waals surface area contributed by atoms with Gasteiger partial charge in [0.2, 0.25) is 5.78 Å². The molecule has 0 aliphatic heterocycles. The molecule has 1 aromatic carbocycles. The number of nitro groups is 1. The number of ketones is 1. The van der Waals surface area contributed by atoms with Gasteiger partial charge < -0.3 is 5.11 Å². The quantitative estimate of drug-likeness (QED) is 0.370. The van der Waals surface area contributed by atoms with Crippen LogP contribution in [0.5, 0.6) is 0 Å². The minimum Gasteiger partial charge on any atom is -0.477 e. The molecule has 0 saturated heterocycles. The number of alkyl halides is 6. The summed E-state index contributed by atoms with van der Waals surface area (Å²) >= 11 is 0.